The summed E-state index contributed by atoms with van der Waals surface area (Å²) < 4.78 is 0. The van der Waals surface area contributed by atoms with Gasteiger partial charge < -0.3 is 15.7 Å². The number of hydrogen-bond donors (Lipinski definition) is 3. The fraction of sp³-hybridized carbons (Fsp3) is 0.650. The number of nitrogens with one attached hydrogen (secondary N) is 2. The van der Waals surface area contributed by atoms with Crippen molar-refractivity contribution in [3.8, 4) is 0 Å². The molecule has 3 N–H and O–H groups in total. The molecule has 1 aromatic rings. The van der Waals surface area contributed by atoms with Crippen LogP contribution in [0.3, 0.4) is 0 Å². The van der Waals surface area contributed by atoms with Crippen molar-refractivity contribution in [3.63, 3.8) is 0 Å². The van der Waals surface area contributed by atoms with Crippen LogP contribution >= 0.6 is 24.0 Å². The van der Waals surface area contributed by atoms with Gasteiger partial charge in [0.15, 0.2) is 5.96 Å². The zero-order chi connectivity index (χ0) is 18.1. The fourth-order valence-corrected chi connectivity index (χ4v) is 3.19. The second-order valence-electron chi connectivity index (χ2n) is 7.05. The van der Waals surface area contributed by atoms with Gasteiger partial charge in [-0.3, -0.25) is 9.89 Å². The first-order chi connectivity index (χ1) is 12.1. The number of nitrogens with zero attached hydrogens (tertiary/aromatic N) is 2. The van der Waals surface area contributed by atoms with Crippen LogP contribution in [0.1, 0.15) is 45.2 Å². The molecule has 5 nitrogen and oxygen atoms in total. The first-order valence-electron chi connectivity index (χ1n) is 9.58. The third-order valence-corrected chi connectivity index (χ3v) is 4.92. The second-order valence-corrected chi connectivity index (χ2v) is 7.05. The van der Waals surface area contributed by atoms with Gasteiger partial charge in [-0.05, 0) is 38.2 Å². The van der Waals surface area contributed by atoms with E-state index in [0.29, 0.717) is 18.6 Å². The molecule has 1 aromatic carbocycles. The topological polar surface area (TPSA) is 59.9 Å². The Balaban J connectivity index is 0.00000338. The van der Waals surface area contributed by atoms with Gasteiger partial charge in [0, 0.05) is 44.9 Å². The van der Waals surface area contributed by atoms with Crippen molar-refractivity contribution < 1.29 is 5.11 Å². The highest BCUT2D eigenvalue weighted by Crippen LogP contribution is 2.23. The van der Waals surface area contributed by atoms with Gasteiger partial charge in [-0.2, -0.15) is 0 Å². The third-order valence-electron chi connectivity index (χ3n) is 4.92. The quantitative estimate of drug-likeness (QED) is 0.323. The van der Waals surface area contributed by atoms with E-state index >= 15 is 0 Å². The largest absolute Gasteiger partial charge is 0.396 e. The lowest BCUT2D eigenvalue weighted by atomic mass is 10.0. The smallest absolute Gasteiger partial charge is 0.191 e. The van der Waals surface area contributed by atoms with Crippen molar-refractivity contribution in [2.45, 2.75) is 45.7 Å². The normalized spacial score (nSPS) is 18.7. The van der Waals surface area contributed by atoms with Gasteiger partial charge in [0.1, 0.15) is 0 Å². The van der Waals surface area contributed by atoms with Crippen molar-refractivity contribution in [1.82, 2.24) is 15.5 Å². The first-order valence-corrected chi connectivity index (χ1v) is 9.58. The Labute approximate surface area is 175 Å². The molecular formula is C20H35IN4O. The average molecular weight is 474 g/mol. The number of likely N-dealkylation sites (tertiary alicyclic amines) is 1. The highest BCUT2D eigenvalue weighted by molar-refractivity contribution is 14.0. The van der Waals surface area contributed by atoms with Crippen LogP contribution in [0.15, 0.2) is 35.3 Å². The van der Waals surface area contributed by atoms with E-state index in [1.165, 1.54) is 5.56 Å². The van der Waals surface area contributed by atoms with E-state index in [1.54, 1.807) is 0 Å². The molecule has 1 aliphatic rings. The number of benzene rings is 1. The Kier molecular flexibility index (Phi) is 11.2. The molecule has 1 fully saturated rings. The molecule has 0 bridgehead atoms. The predicted octanol–water partition coefficient (Wildman–Crippen LogP) is 3.01. The molecule has 6 heteroatoms. The van der Waals surface area contributed by atoms with Crippen molar-refractivity contribution in [2.24, 2.45) is 10.9 Å². The third kappa shape index (κ3) is 7.40. The monoisotopic (exact) mass is 474 g/mol. The molecule has 1 heterocycles. The molecule has 1 saturated heterocycles. The van der Waals surface area contributed by atoms with E-state index in [2.05, 4.69) is 64.7 Å². The maximum absolute atomic E-state index is 9.16. The second kappa shape index (κ2) is 12.5. The Morgan fingerprint density at radius 3 is 2.46 bits per heavy atom. The molecule has 0 amide bonds. The molecule has 26 heavy (non-hydrogen) atoms. The predicted molar refractivity (Wildman–Crippen MR) is 120 cm³/mol. The zero-order valence-corrected chi connectivity index (χ0v) is 18.6. The van der Waals surface area contributed by atoms with E-state index in [-0.39, 0.29) is 36.5 Å². The van der Waals surface area contributed by atoms with Crippen LogP contribution in [-0.4, -0.2) is 54.8 Å². The van der Waals surface area contributed by atoms with Gasteiger partial charge in [-0.25, -0.2) is 0 Å². The molecule has 2 rings (SSSR count). The summed E-state index contributed by atoms with van der Waals surface area (Å²) in [5.41, 5.74) is 1.39. The molecule has 0 spiro atoms. The van der Waals surface area contributed by atoms with Crippen LogP contribution in [-0.2, 0) is 0 Å². The number of rotatable bonds is 7. The number of halogens is 1. The van der Waals surface area contributed by atoms with Crippen LogP contribution in [0, 0.1) is 5.92 Å². The lowest BCUT2D eigenvalue weighted by Gasteiger charge is -2.37. The summed E-state index contributed by atoms with van der Waals surface area (Å²) in [6, 6.07) is 11.7. The molecule has 0 aliphatic carbocycles. The SMILES string of the molecule is CCNC(=NCC(C)CO)NC1CCN(C(C)c2ccccc2)CC1.I. The van der Waals surface area contributed by atoms with Gasteiger partial charge in [0.2, 0.25) is 0 Å². The van der Waals surface area contributed by atoms with Gasteiger partial charge >= 0.3 is 0 Å². The Hall–Kier alpha value is -0.860. The molecule has 1 aliphatic heterocycles. The Morgan fingerprint density at radius 1 is 1.23 bits per heavy atom. The Morgan fingerprint density at radius 2 is 1.88 bits per heavy atom. The zero-order valence-electron chi connectivity index (χ0n) is 16.3. The first kappa shape index (κ1) is 23.2. The van der Waals surface area contributed by atoms with E-state index in [4.69, 9.17) is 5.11 Å². The molecular weight excluding hydrogens is 439 g/mol. The van der Waals surface area contributed by atoms with Crippen molar-refractivity contribution in [2.75, 3.05) is 32.8 Å². The number of aliphatic hydroxyl groups excluding tert-OH is 1. The lowest BCUT2D eigenvalue weighted by molar-refractivity contribution is 0.158. The fourth-order valence-electron chi connectivity index (χ4n) is 3.19. The van der Waals surface area contributed by atoms with Gasteiger partial charge in [0.05, 0.1) is 0 Å². The number of guanidine groups is 1. The minimum absolute atomic E-state index is 0. The molecule has 2 atom stereocenters. The average Bonchev–Trinajstić information content (AvgIpc) is 2.66. The molecule has 148 valence electrons. The lowest BCUT2D eigenvalue weighted by Crippen LogP contribution is -2.49. The highest BCUT2D eigenvalue weighted by atomic mass is 127. The summed E-state index contributed by atoms with van der Waals surface area (Å²) in [6.45, 7) is 10.3. The number of piperidine rings is 1. The number of hydrogen-bond acceptors (Lipinski definition) is 3. The summed E-state index contributed by atoms with van der Waals surface area (Å²) in [7, 11) is 0. The summed E-state index contributed by atoms with van der Waals surface area (Å²) in [4.78, 5) is 7.16. The summed E-state index contributed by atoms with van der Waals surface area (Å²) >= 11 is 0. The van der Waals surface area contributed by atoms with E-state index in [1.807, 2.05) is 6.92 Å². The Bertz CT molecular complexity index is 518. The van der Waals surface area contributed by atoms with E-state index < -0.39 is 0 Å². The van der Waals surface area contributed by atoms with Crippen molar-refractivity contribution in [3.05, 3.63) is 35.9 Å². The molecule has 0 aromatic heterocycles. The van der Waals surface area contributed by atoms with E-state index in [0.717, 1.165) is 38.4 Å². The van der Waals surface area contributed by atoms with E-state index in [9.17, 15) is 0 Å². The van der Waals surface area contributed by atoms with Crippen LogP contribution in [0.5, 0.6) is 0 Å². The molecule has 2 unspecified atom stereocenters. The summed E-state index contributed by atoms with van der Waals surface area (Å²) in [5, 5.41) is 16.0. The number of aliphatic imine (C=N–C) groups is 1. The van der Waals surface area contributed by atoms with Crippen LogP contribution in [0.4, 0.5) is 0 Å². The molecule has 0 radical (unpaired) electrons. The van der Waals surface area contributed by atoms with Crippen LogP contribution in [0.2, 0.25) is 0 Å². The minimum atomic E-state index is 0. The maximum atomic E-state index is 9.16. The van der Waals surface area contributed by atoms with Crippen molar-refractivity contribution in [1.29, 1.82) is 0 Å². The number of aliphatic hydroxyl groups is 1. The minimum Gasteiger partial charge on any atom is -0.396 e. The van der Waals surface area contributed by atoms with Gasteiger partial charge in [-0.1, -0.05) is 37.3 Å². The standard InChI is InChI=1S/C20H34N4O.HI/c1-4-21-20(22-14-16(2)15-25)23-19-10-12-24(13-11-19)17(3)18-8-6-5-7-9-18;/h5-9,16-17,19,25H,4,10-15H2,1-3H3,(H2,21,22,23);1H. The summed E-state index contributed by atoms with van der Waals surface area (Å²) in [6.07, 6.45) is 2.24. The van der Waals surface area contributed by atoms with Crippen LogP contribution in [0.25, 0.3) is 0 Å². The molecule has 0 saturated carbocycles. The van der Waals surface area contributed by atoms with Gasteiger partial charge in [0.25, 0.3) is 0 Å². The van der Waals surface area contributed by atoms with Crippen LogP contribution < -0.4 is 10.6 Å². The summed E-state index contributed by atoms with van der Waals surface area (Å²) in [5.74, 6) is 1.07. The maximum Gasteiger partial charge on any atom is 0.191 e. The highest BCUT2D eigenvalue weighted by Gasteiger charge is 2.24. The van der Waals surface area contributed by atoms with Gasteiger partial charge in [-0.15, -0.1) is 24.0 Å². The van der Waals surface area contributed by atoms with Crippen molar-refractivity contribution >= 4 is 29.9 Å².